The van der Waals surface area contributed by atoms with Crippen molar-refractivity contribution in [2.24, 2.45) is 7.05 Å². The third-order valence-corrected chi connectivity index (χ3v) is 4.95. The number of anilines is 1. The summed E-state index contributed by atoms with van der Waals surface area (Å²) in [4.78, 5) is 22.5. The van der Waals surface area contributed by atoms with Crippen LogP contribution in [-0.4, -0.2) is 38.0 Å². The van der Waals surface area contributed by atoms with Crippen LogP contribution in [0, 0.1) is 10.1 Å². The molecule has 0 radical (unpaired) electrons. The molecule has 150 valence electrons. The summed E-state index contributed by atoms with van der Waals surface area (Å²) >= 11 is 1.23. The molecule has 29 heavy (non-hydrogen) atoms. The SMILES string of the molecule is CCOc1ccc(-c2nnc(SCC(=O)Nc3cccc([N+](=O)[O-])c3)n2C)cc1. The molecular formula is C19H19N5O4S. The number of ether oxygens (including phenoxy) is 1. The lowest BCUT2D eigenvalue weighted by Crippen LogP contribution is -2.14. The molecule has 1 N–H and O–H groups in total. The van der Waals surface area contributed by atoms with Gasteiger partial charge in [0.15, 0.2) is 11.0 Å². The first-order valence-electron chi connectivity index (χ1n) is 8.77. The van der Waals surface area contributed by atoms with Crippen molar-refractivity contribution in [1.29, 1.82) is 0 Å². The van der Waals surface area contributed by atoms with Crippen LogP contribution in [0.5, 0.6) is 5.75 Å². The van der Waals surface area contributed by atoms with Crippen molar-refractivity contribution < 1.29 is 14.5 Å². The fourth-order valence-corrected chi connectivity index (χ4v) is 3.29. The average Bonchev–Trinajstić information content (AvgIpc) is 3.08. The molecule has 0 fully saturated rings. The molecule has 0 atom stereocenters. The van der Waals surface area contributed by atoms with Crippen LogP contribution in [0.2, 0.25) is 0 Å². The number of non-ortho nitro benzene ring substituents is 1. The van der Waals surface area contributed by atoms with Crippen molar-refractivity contribution in [3.05, 3.63) is 58.6 Å². The first kappa shape index (κ1) is 20.3. The zero-order valence-corrected chi connectivity index (χ0v) is 16.7. The lowest BCUT2D eigenvalue weighted by atomic mass is 10.2. The van der Waals surface area contributed by atoms with Crippen LogP contribution in [0.1, 0.15) is 6.92 Å². The molecule has 1 aromatic heterocycles. The van der Waals surface area contributed by atoms with Gasteiger partial charge in [0.05, 0.1) is 17.3 Å². The molecule has 0 bridgehead atoms. The van der Waals surface area contributed by atoms with Gasteiger partial charge in [-0.15, -0.1) is 10.2 Å². The van der Waals surface area contributed by atoms with E-state index in [1.54, 1.807) is 10.6 Å². The third kappa shape index (κ3) is 5.11. The number of nitrogens with one attached hydrogen (secondary N) is 1. The maximum Gasteiger partial charge on any atom is 0.271 e. The highest BCUT2D eigenvalue weighted by Gasteiger charge is 2.14. The highest BCUT2D eigenvalue weighted by atomic mass is 32.2. The van der Waals surface area contributed by atoms with E-state index in [0.29, 0.717) is 23.3 Å². The van der Waals surface area contributed by atoms with Crippen molar-refractivity contribution >= 4 is 29.0 Å². The smallest absolute Gasteiger partial charge is 0.271 e. The van der Waals surface area contributed by atoms with Gasteiger partial charge < -0.3 is 14.6 Å². The van der Waals surface area contributed by atoms with Crippen LogP contribution in [0.25, 0.3) is 11.4 Å². The average molecular weight is 413 g/mol. The number of rotatable bonds is 8. The zero-order valence-electron chi connectivity index (χ0n) is 15.9. The molecule has 3 rings (SSSR count). The van der Waals surface area contributed by atoms with Crippen LogP contribution in [0.15, 0.2) is 53.7 Å². The number of nitro benzene ring substituents is 1. The Balaban J connectivity index is 1.62. The summed E-state index contributed by atoms with van der Waals surface area (Å²) in [5.74, 6) is 1.26. The van der Waals surface area contributed by atoms with Crippen LogP contribution in [-0.2, 0) is 11.8 Å². The van der Waals surface area contributed by atoms with E-state index < -0.39 is 4.92 Å². The first-order chi connectivity index (χ1) is 14.0. The van der Waals surface area contributed by atoms with Gasteiger partial charge in [-0.2, -0.15) is 0 Å². The Bertz CT molecular complexity index is 1020. The van der Waals surface area contributed by atoms with Crippen LogP contribution < -0.4 is 10.1 Å². The molecule has 0 aliphatic heterocycles. The molecule has 0 unspecified atom stereocenters. The minimum Gasteiger partial charge on any atom is -0.494 e. The second-order valence-corrected chi connectivity index (χ2v) is 6.91. The summed E-state index contributed by atoms with van der Waals surface area (Å²) in [5, 5.41) is 22.4. The second-order valence-electron chi connectivity index (χ2n) is 5.97. The van der Waals surface area contributed by atoms with Gasteiger partial charge in [-0.25, -0.2) is 0 Å². The van der Waals surface area contributed by atoms with Crippen molar-refractivity contribution in [1.82, 2.24) is 14.8 Å². The second kappa shape index (κ2) is 9.20. The standard InChI is InChI=1S/C19H19N5O4S/c1-3-28-16-9-7-13(8-10-16)18-21-22-19(23(18)2)29-12-17(25)20-14-5-4-6-15(11-14)24(26)27/h4-11H,3,12H2,1-2H3,(H,20,25). The highest BCUT2D eigenvalue weighted by Crippen LogP contribution is 2.25. The highest BCUT2D eigenvalue weighted by molar-refractivity contribution is 7.99. The van der Waals surface area contributed by atoms with Crippen LogP contribution >= 0.6 is 11.8 Å². The molecule has 0 saturated heterocycles. The molecule has 1 heterocycles. The summed E-state index contributed by atoms with van der Waals surface area (Å²) in [6.45, 7) is 2.53. The molecule has 3 aromatic rings. The van der Waals surface area contributed by atoms with Gasteiger partial charge in [0.25, 0.3) is 5.69 Å². The van der Waals surface area contributed by atoms with Gasteiger partial charge in [0.2, 0.25) is 5.91 Å². The van der Waals surface area contributed by atoms with E-state index in [-0.39, 0.29) is 17.3 Å². The molecule has 9 nitrogen and oxygen atoms in total. The number of hydrogen-bond acceptors (Lipinski definition) is 7. The topological polar surface area (TPSA) is 112 Å². The molecule has 0 aliphatic carbocycles. The van der Waals surface area contributed by atoms with Crippen molar-refractivity contribution in [2.45, 2.75) is 12.1 Å². The fraction of sp³-hybridized carbons (Fsp3) is 0.211. The molecule has 10 heteroatoms. The number of amides is 1. The van der Waals surface area contributed by atoms with Crippen molar-refractivity contribution in [2.75, 3.05) is 17.7 Å². The summed E-state index contributed by atoms with van der Waals surface area (Å²) in [5.41, 5.74) is 1.18. The quantitative estimate of drug-likeness (QED) is 0.341. The Morgan fingerprint density at radius 3 is 2.69 bits per heavy atom. The number of aromatic nitrogens is 3. The van der Waals surface area contributed by atoms with Gasteiger partial charge in [-0.05, 0) is 37.3 Å². The fourth-order valence-electron chi connectivity index (χ4n) is 2.58. The lowest BCUT2D eigenvalue weighted by Gasteiger charge is -2.06. The largest absolute Gasteiger partial charge is 0.494 e. The van der Waals surface area contributed by atoms with E-state index in [0.717, 1.165) is 11.3 Å². The van der Waals surface area contributed by atoms with Gasteiger partial charge in [-0.1, -0.05) is 17.8 Å². The number of thioether (sulfide) groups is 1. The lowest BCUT2D eigenvalue weighted by molar-refractivity contribution is -0.384. The normalized spacial score (nSPS) is 10.6. The Morgan fingerprint density at radius 2 is 2.00 bits per heavy atom. The van der Waals surface area contributed by atoms with Gasteiger partial charge in [0.1, 0.15) is 5.75 Å². The van der Waals surface area contributed by atoms with Gasteiger partial charge in [-0.3, -0.25) is 14.9 Å². The van der Waals surface area contributed by atoms with E-state index in [1.807, 2.05) is 38.2 Å². The number of hydrogen-bond donors (Lipinski definition) is 1. The molecule has 0 spiro atoms. The van der Waals surface area contributed by atoms with E-state index >= 15 is 0 Å². The number of nitro groups is 1. The molecule has 0 aliphatic rings. The number of carbonyl (C=O) groups is 1. The molecule has 2 aromatic carbocycles. The van der Waals surface area contributed by atoms with E-state index in [4.69, 9.17) is 4.74 Å². The first-order valence-corrected chi connectivity index (χ1v) is 9.76. The van der Waals surface area contributed by atoms with Gasteiger partial charge >= 0.3 is 0 Å². The predicted octanol–water partition coefficient (Wildman–Crippen LogP) is 3.52. The summed E-state index contributed by atoms with van der Waals surface area (Å²) < 4.78 is 7.24. The van der Waals surface area contributed by atoms with Crippen LogP contribution in [0.4, 0.5) is 11.4 Å². The Morgan fingerprint density at radius 1 is 1.24 bits per heavy atom. The predicted molar refractivity (Wildman–Crippen MR) is 110 cm³/mol. The van der Waals surface area contributed by atoms with E-state index in [9.17, 15) is 14.9 Å². The Hall–Kier alpha value is -3.40. The number of carbonyl (C=O) groups excluding carboxylic acids is 1. The van der Waals surface area contributed by atoms with Crippen LogP contribution in [0.3, 0.4) is 0 Å². The monoisotopic (exact) mass is 413 g/mol. The summed E-state index contributed by atoms with van der Waals surface area (Å²) in [6, 6.07) is 13.3. The van der Waals surface area contributed by atoms with Crippen molar-refractivity contribution in [3.63, 3.8) is 0 Å². The number of nitrogens with zero attached hydrogens (tertiary/aromatic N) is 4. The van der Waals surface area contributed by atoms with E-state index in [2.05, 4.69) is 15.5 Å². The minimum absolute atomic E-state index is 0.0799. The Labute approximate surface area is 171 Å². The Kier molecular flexibility index (Phi) is 6.45. The molecule has 1 amide bonds. The zero-order chi connectivity index (χ0) is 20.8. The van der Waals surface area contributed by atoms with Gasteiger partial charge in [0, 0.05) is 30.4 Å². The summed E-state index contributed by atoms with van der Waals surface area (Å²) in [7, 11) is 1.83. The van der Waals surface area contributed by atoms with Crippen molar-refractivity contribution in [3.8, 4) is 17.1 Å². The maximum atomic E-state index is 12.2. The third-order valence-electron chi connectivity index (χ3n) is 3.93. The minimum atomic E-state index is -0.508. The summed E-state index contributed by atoms with van der Waals surface area (Å²) in [6.07, 6.45) is 0. The maximum absolute atomic E-state index is 12.2. The van der Waals surface area contributed by atoms with E-state index in [1.165, 1.54) is 30.0 Å². The molecular weight excluding hydrogens is 394 g/mol. The number of benzene rings is 2. The molecule has 0 saturated carbocycles.